The first-order valence-electron chi connectivity index (χ1n) is 8.56. The molecule has 0 saturated carbocycles. The average Bonchev–Trinajstić information content (AvgIpc) is 2.64. The quantitative estimate of drug-likeness (QED) is 0.689. The molecule has 136 valence electrons. The average molecular weight is 466 g/mol. The summed E-state index contributed by atoms with van der Waals surface area (Å²) in [5.41, 5.74) is 2.35. The van der Waals surface area contributed by atoms with Crippen molar-refractivity contribution in [2.45, 2.75) is 19.8 Å². The van der Waals surface area contributed by atoms with Crippen LogP contribution in [-0.2, 0) is 4.79 Å². The Kier molecular flexibility index (Phi) is 5.90. The van der Waals surface area contributed by atoms with Crippen LogP contribution in [0.15, 0.2) is 42.5 Å². The molecule has 1 fully saturated rings. The number of piperidine rings is 1. The van der Waals surface area contributed by atoms with Gasteiger partial charge in [-0.25, -0.2) is 4.39 Å². The summed E-state index contributed by atoms with van der Waals surface area (Å²) in [6.45, 7) is 3.03. The van der Waals surface area contributed by atoms with Gasteiger partial charge in [0.1, 0.15) is 5.82 Å². The van der Waals surface area contributed by atoms with Gasteiger partial charge in [0, 0.05) is 33.8 Å². The van der Waals surface area contributed by atoms with Crippen molar-refractivity contribution in [1.29, 1.82) is 0 Å². The van der Waals surface area contributed by atoms with Crippen LogP contribution < -0.4 is 5.32 Å². The zero-order chi connectivity index (χ0) is 18.7. The number of aryl methyl sites for hydroxylation is 1. The molecule has 1 N–H and O–H groups in total. The molecule has 0 bridgehead atoms. The molecule has 1 aliphatic heterocycles. The van der Waals surface area contributed by atoms with Gasteiger partial charge in [-0.1, -0.05) is 0 Å². The number of halogens is 2. The van der Waals surface area contributed by atoms with Crippen LogP contribution in [0.1, 0.15) is 28.8 Å². The molecule has 2 amide bonds. The molecular formula is C20H20FIN2O2. The molecule has 0 aromatic heterocycles. The number of benzene rings is 2. The second kappa shape index (κ2) is 8.16. The normalized spacial score (nSPS) is 15.0. The standard InChI is InChI=1S/C20H20FIN2O2/c1-13-12-17(22)6-7-18(13)23-19(25)14-8-10-24(11-9-14)20(26)15-2-4-16(21)5-3-15/h2-7,12,14H,8-11H2,1H3,(H,23,25). The smallest absolute Gasteiger partial charge is 0.253 e. The van der Waals surface area contributed by atoms with Crippen LogP contribution in [0.3, 0.4) is 0 Å². The Morgan fingerprint density at radius 3 is 2.38 bits per heavy atom. The van der Waals surface area contributed by atoms with E-state index >= 15 is 0 Å². The van der Waals surface area contributed by atoms with E-state index in [4.69, 9.17) is 0 Å². The molecule has 0 atom stereocenters. The first-order valence-corrected chi connectivity index (χ1v) is 9.64. The number of carbonyl (C=O) groups excluding carboxylic acids is 2. The Bertz CT molecular complexity index is 815. The van der Waals surface area contributed by atoms with Gasteiger partial charge in [0.2, 0.25) is 5.91 Å². The van der Waals surface area contributed by atoms with Crippen molar-refractivity contribution in [2.24, 2.45) is 5.92 Å². The second-order valence-electron chi connectivity index (χ2n) is 6.52. The fraction of sp³-hybridized carbons (Fsp3) is 0.300. The summed E-state index contributed by atoms with van der Waals surface area (Å²) in [6, 6.07) is 11.5. The summed E-state index contributed by atoms with van der Waals surface area (Å²) in [5, 5.41) is 3.00. The van der Waals surface area contributed by atoms with E-state index in [9.17, 15) is 14.0 Å². The fourth-order valence-electron chi connectivity index (χ4n) is 3.12. The van der Waals surface area contributed by atoms with Gasteiger partial charge < -0.3 is 10.2 Å². The SMILES string of the molecule is Cc1cc(I)ccc1NC(=O)C1CCN(C(=O)c2ccc(F)cc2)CC1. The molecule has 0 unspecified atom stereocenters. The Balaban J connectivity index is 1.56. The van der Waals surface area contributed by atoms with Gasteiger partial charge >= 0.3 is 0 Å². The van der Waals surface area contributed by atoms with E-state index in [0.29, 0.717) is 31.5 Å². The predicted molar refractivity (Wildman–Crippen MR) is 108 cm³/mol. The zero-order valence-electron chi connectivity index (χ0n) is 14.5. The Morgan fingerprint density at radius 2 is 1.77 bits per heavy atom. The third-order valence-electron chi connectivity index (χ3n) is 4.69. The van der Waals surface area contributed by atoms with Crippen molar-refractivity contribution >= 4 is 40.1 Å². The number of rotatable bonds is 3. The van der Waals surface area contributed by atoms with E-state index < -0.39 is 0 Å². The summed E-state index contributed by atoms with van der Waals surface area (Å²) < 4.78 is 14.1. The van der Waals surface area contributed by atoms with Crippen LogP contribution >= 0.6 is 22.6 Å². The number of anilines is 1. The van der Waals surface area contributed by atoms with E-state index in [0.717, 1.165) is 14.8 Å². The second-order valence-corrected chi connectivity index (χ2v) is 7.77. The first kappa shape index (κ1) is 18.8. The number of nitrogens with zero attached hydrogens (tertiary/aromatic N) is 1. The maximum atomic E-state index is 13.0. The Morgan fingerprint density at radius 1 is 1.12 bits per heavy atom. The number of amides is 2. The summed E-state index contributed by atoms with van der Waals surface area (Å²) in [4.78, 5) is 26.7. The lowest BCUT2D eigenvalue weighted by Gasteiger charge is -2.31. The van der Waals surface area contributed by atoms with Crippen molar-refractivity contribution in [3.8, 4) is 0 Å². The van der Waals surface area contributed by atoms with Crippen molar-refractivity contribution in [1.82, 2.24) is 4.90 Å². The molecule has 0 radical (unpaired) electrons. The van der Waals surface area contributed by atoms with Crippen molar-refractivity contribution < 1.29 is 14.0 Å². The molecule has 3 rings (SSSR count). The van der Waals surface area contributed by atoms with Crippen LogP contribution in [0.4, 0.5) is 10.1 Å². The molecule has 2 aromatic rings. The molecule has 0 spiro atoms. The van der Waals surface area contributed by atoms with Gasteiger partial charge in [0.25, 0.3) is 5.91 Å². The lowest BCUT2D eigenvalue weighted by atomic mass is 9.95. The van der Waals surface area contributed by atoms with Gasteiger partial charge in [0.05, 0.1) is 0 Å². The fourth-order valence-corrected chi connectivity index (χ4v) is 3.77. The monoisotopic (exact) mass is 466 g/mol. The molecule has 0 aliphatic carbocycles. The Hall–Kier alpha value is -1.96. The highest BCUT2D eigenvalue weighted by atomic mass is 127. The number of hydrogen-bond acceptors (Lipinski definition) is 2. The van der Waals surface area contributed by atoms with Crippen LogP contribution in [0, 0.1) is 22.2 Å². The van der Waals surface area contributed by atoms with E-state index in [1.165, 1.54) is 24.3 Å². The minimum atomic E-state index is -0.358. The van der Waals surface area contributed by atoms with E-state index in [1.54, 1.807) is 4.90 Å². The van der Waals surface area contributed by atoms with Crippen LogP contribution in [-0.4, -0.2) is 29.8 Å². The first-order chi connectivity index (χ1) is 12.4. The molecule has 1 saturated heterocycles. The highest BCUT2D eigenvalue weighted by Crippen LogP contribution is 2.23. The minimum Gasteiger partial charge on any atom is -0.339 e. The highest BCUT2D eigenvalue weighted by molar-refractivity contribution is 14.1. The largest absolute Gasteiger partial charge is 0.339 e. The number of nitrogens with one attached hydrogen (secondary N) is 1. The lowest BCUT2D eigenvalue weighted by molar-refractivity contribution is -0.121. The lowest BCUT2D eigenvalue weighted by Crippen LogP contribution is -2.41. The van der Waals surface area contributed by atoms with E-state index in [-0.39, 0.29) is 23.5 Å². The third-order valence-corrected chi connectivity index (χ3v) is 5.36. The van der Waals surface area contributed by atoms with Crippen molar-refractivity contribution in [3.63, 3.8) is 0 Å². The summed E-state index contributed by atoms with van der Waals surface area (Å²) in [5.74, 6) is -0.575. The molecule has 26 heavy (non-hydrogen) atoms. The van der Waals surface area contributed by atoms with Gasteiger partial charge in [-0.15, -0.1) is 0 Å². The van der Waals surface area contributed by atoms with Crippen LogP contribution in [0.25, 0.3) is 0 Å². The maximum absolute atomic E-state index is 13.0. The third kappa shape index (κ3) is 4.41. The van der Waals surface area contributed by atoms with Crippen LogP contribution in [0.5, 0.6) is 0 Å². The van der Waals surface area contributed by atoms with Crippen molar-refractivity contribution in [3.05, 3.63) is 63.0 Å². The summed E-state index contributed by atoms with van der Waals surface area (Å²) in [7, 11) is 0. The van der Waals surface area contributed by atoms with E-state index in [2.05, 4.69) is 27.9 Å². The summed E-state index contributed by atoms with van der Waals surface area (Å²) >= 11 is 2.24. The van der Waals surface area contributed by atoms with Crippen LogP contribution in [0.2, 0.25) is 0 Å². The number of carbonyl (C=O) groups is 2. The molecular weight excluding hydrogens is 446 g/mol. The van der Waals surface area contributed by atoms with Gasteiger partial charge in [-0.3, -0.25) is 9.59 Å². The molecule has 1 heterocycles. The van der Waals surface area contributed by atoms with Gasteiger partial charge in [-0.2, -0.15) is 0 Å². The maximum Gasteiger partial charge on any atom is 0.253 e. The number of hydrogen-bond donors (Lipinski definition) is 1. The van der Waals surface area contributed by atoms with Crippen molar-refractivity contribution in [2.75, 3.05) is 18.4 Å². The molecule has 6 heteroatoms. The zero-order valence-corrected chi connectivity index (χ0v) is 16.6. The molecule has 4 nitrogen and oxygen atoms in total. The Labute approximate surface area is 165 Å². The van der Waals surface area contributed by atoms with Gasteiger partial charge in [-0.05, 0) is 90.4 Å². The molecule has 2 aromatic carbocycles. The predicted octanol–water partition coefficient (Wildman–Crippen LogP) is 4.23. The minimum absolute atomic E-state index is 0.00295. The van der Waals surface area contributed by atoms with Gasteiger partial charge in [0.15, 0.2) is 0 Å². The summed E-state index contributed by atoms with van der Waals surface area (Å²) in [6.07, 6.45) is 1.25. The number of likely N-dealkylation sites (tertiary alicyclic amines) is 1. The topological polar surface area (TPSA) is 49.4 Å². The molecule has 1 aliphatic rings. The highest BCUT2D eigenvalue weighted by Gasteiger charge is 2.28. The van der Waals surface area contributed by atoms with E-state index in [1.807, 2.05) is 25.1 Å².